The van der Waals surface area contributed by atoms with Gasteiger partial charge in [0.15, 0.2) is 0 Å². The average molecular weight is 301 g/mol. The zero-order valence-corrected chi connectivity index (χ0v) is 12.0. The molecule has 0 heterocycles. The zero-order chi connectivity index (χ0) is 12.5. The van der Waals surface area contributed by atoms with Crippen LogP contribution in [0.1, 0.15) is 44.6 Å². The number of unbranched alkanes of at least 4 members (excludes halogenated alkanes) is 4. The molecule has 0 fully saturated rings. The van der Waals surface area contributed by atoms with E-state index in [1.165, 1.54) is 25.7 Å². The number of aliphatic hydroxyl groups excluding tert-OH is 1. The summed E-state index contributed by atoms with van der Waals surface area (Å²) in [5, 5.41) is 9.13. The van der Waals surface area contributed by atoms with Crippen LogP contribution in [0.15, 0.2) is 22.7 Å². The topological polar surface area (TPSA) is 29.5 Å². The van der Waals surface area contributed by atoms with Gasteiger partial charge in [-0.3, -0.25) is 0 Å². The van der Waals surface area contributed by atoms with Crippen molar-refractivity contribution in [3.8, 4) is 5.75 Å². The molecular weight excluding hydrogens is 280 g/mol. The minimum Gasteiger partial charge on any atom is -0.494 e. The summed E-state index contributed by atoms with van der Waals surface area (Å²) in [6.45, 7) is 3.01. The van der Waals surface area contributed by atoms with E-state index in [2.05, 4.69) is 22.9 Å². The van der Waals surface area contributed by atoms with Crippen LogP contribution in [0.3, 0.4) is 0 Å². The molecule has 0 unspecified atom stereocenters. The van der Waals surface area contributed by atoms with Gasteiger partial charge in [0.25, 0.3) is 0 Å². The fourth-order valence-electron chi connectivity index (χ4n) is 1.66. The first-order valence-corrected chi connectivity index (χ1v) is 7.09. The molecule has 0 aromatic heterocycles. The lowest BCUT2D eigenvalue weighted by Crippen LogP contribution is -1.98. The maximum Gasteiger partial charge on any atom is 0.119 e. The van der Waals surface area contributed by atoms with E-state index in [9.17, 15) is 0 Å². The van der Waals surface area contributed by atoms with Gasteiger partial charge in [0.2, 0.25) is 0 Å². The molecule has 96 valence electrons. The third-order valence-corrected chi connectivity index (χ3v) is 3.48. The molecule has 17 heavy (non-hydrogen) atoms. The average Bonchev–Trinajstić information content (AvgIpc) is 2.35. The third-order valence-electron chi connectivity index (χ3n) is 2.70. The van der Waals surface area contributed by atoms with Crippen LogP contribution < -0.4 is 4.74 Å². The van der Waals surface area contributed by atoms with E-state index >= 15 is 0 Å². The molecular formula is C14H21BrO2. The highest BCUT2D eigenvalue weighted by molar-refractivity contribution is 9.10. The van der Waals surface area contributed by atoms with E-state index in [4.69, 9.17) is 9.84 Å². The number of halogens is 1. The molecule has 3 heteroatoms. The van der Waals surface area contributed by atoms with Crippen LogP contribution in [-0.2, 0) is 6.61 Å². The Labute approximate surface area is 112 Å². The van der Waals surface area contributed by atoms with Crippen molar-refractivity contribution >= 4 is 15.9 Å². The number of hydrogen-bond acceptors (Lipinski definition) is 2. The quantitative estimate of drug-likeness (QED) is 0.726. The Morgan fingerprint density at radius 1 is 1.18 bits per heavy atom. The normalized spacial score (nSPS) is 10.5. The van der Waals surface area contributed by atoms with Crippen LogP contribution in [0, 0.1) is 0 Å². The molecule has 0 bridgehead atoms. The molecule has 1 aromatic carbocycles. The Hall–Kier alpha value is -0.540. The van der Waals surface area contributed by atoms with Gasteiger partial charge < -0.3 is 9.84 Å². The maximum atomic E-state index is 9.13. The first-order chi connectivity index (χ1) is 8.27. The summed E-state index contributed by atoms with van der Waals surface area (Å²) in [4.78, 5) is 0. The Balaban J connectivity index is 2.27. The van der Waals surface area contributed by atoms with Gasteiger partial charge in [-0.25, -0.2) is 0 Å². The Kier molecular flexibility index (Phi) is 7.29. The number of hydrogen-bond donors (Lipinski definition) is 1. The van der Waals surface area contributed by atoms with Gasteiger partial charge in [-0.05, 0) is 30.2 Å². The smallest absolute Gasteiger partial charge is 0.119 e. The van der Waals surface area contributed by atoms with Crippen molar-refractivity contribution in [2.45, 2.75) is 45.6 Å². The summed E-state index contributed by atoms with van der Waals surface area (Å²) < 4.78 is 6.58. The molecule has 0 radical (unpaired) electrons. The van der Waals surface area contributed by atoms with Crippen LogP contribution in [0.5, 0.6) is 5.75 Å². The van der Waals surface area contributed by atoms with Crippen molar-refractivity contribution in [2.75, 3.05) is 6.61 Å². The second kappa shape index (κ2) is 8.54. The van der Waals surface area contributed by atoms with Crippen molar-refractivity contribution in [1.29, 1.82) is 0 Å². The molecule has 0 saturated heterocycles. The van der Waals surface area contributed by atoms with E-state index in [0.29, 0.717) is 0 Å². The molecule has 0 amide bonds. The standard InChI is InChI=1S/C14H21BrO2/c1-2-3-4-5-6-9-17-13-7-8-14(15)12(10-13)11-16/h7-8,10,16H,2-6,9,11H2,1H3. The molecule has 1 N–H and O–H groups in total. The van der Waals surface area contributed by atoms with E-state index < -0.39 is 0 Å². The minimum atomic E-state index is 0.0360. The molecule has 0 aliphatic rings. The van der Waals surface area contributed by atoms with E-state index in [0.717, 1.165) is 28.8 Å². The summed E-state index contributed by atoms with van der Waals surface area (Å²) >= 11 is 3.39. The van der Waals surface area contributed by atoms with Crippen molar-refractivity contribution in [1.82, 2.24) is 0 Å². The van der Waals surface area contributed by atoms with Gasteiger partial charge in [-0.15, -0.1) is 0 Å². The summed E-state index contributed by atoms with van der Waals surface area (Å²) in [5.74, 6) is 0.841. The number of rotatable bonds is 8. The highest BCUT2D eigenvalue weighted by Gasteiger charge is 2.01. The second-order valence-corrected chi connectivity index (χ2v) is 5.03. The van der Waals surface area contributed by atoms with Crippen molar-refractivity contribution in [3.63, 3.8) is 0 Å². The van der Waals surface area contributed by atoms with Gasteiger partial charge >= 0.3 is 0 Å². The zero-order valence-electron chi connectivity index (χ0n) is 10.4. The lowest BCUT2D eigenvalue weighted by Gasteiger charge is -2.08. The van der Waals surface area contributed by atoms with Gasteiger partial charge in [0.05, 0.1) is 13.2 Å². The van der Waals surface area contributed by atoms with Gasteiger partial charge in [-0.2, -0.15) is 0 Å². The van der Waals surface area contributed by atoms with Crippen molar-refractivity contribution in [2.24, 2.45) is 0 Å². The maximum absolute atomic E-state index is 9.13. The third kappa shape index (κ3) is 5.55. The van der Waals surface area contributed by atoms with Crippen LogP contribution >= 0.6 is 15.9 Å². The molecule has 0 saturated carbocycles. The Morgan fingerprint density at radius 3 is 2.65 bits per heavy atom. The van der Waals surface area contributed by atoms with Gasteiger partial charge in [0.1, 0.15) is 5.75 Å². The fraction of sp³-hybridized carbons (Fsp3) is 0.571. The summed E-state index contributed by atoms with van der Waals surface area (Å²) in [5.41, 5.74) is 0.869. The first kappa shape index (κ1) is 14.5. The molecule has 2 nitrogen and oxygen atoms in total. The van der Waals surface area contributed by atoms with Crippen molar-refractivity contribution < 1.29 is 9.84 Å². The van der Waals surface area contributed by atoms with Gasteiger partial charge in [-0.1, -0.05) is 48.5 Å². The van der Waals surface area contributed by atoms with Crippen LogP contribution in [0.25, 0.3) is 0 Å². The van der Waals surface area contributed by atoms with Crippen LogP contribution in [-0.4, -0.2) is 11.7 Å². The number of benzene rings is 1. The Morgan fingerprint density at radius 2 is 1.94 bits per heavy atom. The van der Waals surface area contributed by atoms with E-state index in [-0.39, 0.29) is 6.61 Å². The summed E-state index contributed by atoms with van der Waals surface area (Å²) in [6.07, 6.45) is 6.21. The largest absolute Gasteiger partial charge is 0.494 e. The SMILES string of the molecule is CCCCCCCOc1ccc(Br)c(CO)c1. The lowest BCUT2D eigenvalue weighted by atomic mass is 10.2. The molecule has 0 atom stereocenters. The Bertz CT molecular complexity index is 326. The number of aliphatic hydroxyl groups is 1. The van der Waals surface area contributed by atoms with Crippen molar-refractivity contribution in [3.05, 3.63) is 28.2 Å². The fourth-order valence-corrected chi connectivity index (χ4v) is 2.03. The predicted molar refractivity (Wildman–Crippen MR) is 74.3 cm³/mol. The molecule has 1 rings (SSSR count). The minimum absolute atomic E-state index is 0.0360. The summed E-state index contributed by atoms with van der Waals surface area (Å²) in [7, 11) is 0. The lowest BCUT2D eigenvalue weighted by molar-refractivity contribution is 0.277. The molecule has 1 aromatic rings. The first-order valence-electron chi connectivity index (χ1n) is 6.30. The van der Waals surface area contributed by atoms with Gasteiger partial charge in [0, 0.05) is 4.47 Å². The van der Waals surface area contributed by atoms with E-state index in [1.807, 2.05) is 18.2 Å². The molecule has 0 spiro atoms. The van der Waals surface area contributed by atoms with E-state index in [1.54, 1.807) is 0 Å². The number of ether oxygens (including phenoxy) is 1. The second-order valence-electron chi connectivity index (χ2n) is 4.17. The summed E-state index contributed by atoms with van der Waals surface area (Å²) in [6, 6.07) is 5.73. The molecule has 0 aliphatic carbocycles. The molecule has 0 aliphatic heterocycles. The highest BCUT2D eigenvalue weighted by Crippen LogP contribution is 2.22. The monoisotopic (exact) mass is 300 g/mol. The van der Waals surface area contributed by atoms with Crippen LogP contribution in [0.2, 0.25) is 0 Å². The highest BCUT2D eigenvalue weighted by atomic mass is 79.9. The van der Waals surface area contributed by atoms with Crippen LogP contribution in [0.4, 0.5) is 0 Å². The predicted octanol–water partition coefficient (Wildman–Crippen LogP) is 4.29.